The Bertz CT molecular complexity index is 752. The number of aromatic nitrogens is 1. The summed E-state index contributed by atoms with van der Waals surface area (Å²) in [4.78, 5) is 21.9. The first-order valence-electron chi connectivity index (χ1n) is 9.24. The maximum absolute atomic E-state index is 12.5. The van der Waals surface area contributed by atoms with E-state index in [0.717, 1.165) is 55.7 Å². The van der Waals surface area contributed by atoms with Crippen molar-refractivity contribution in [3.8, 4) is 0 Å². The van der Waals surface area contributed by atoms with E-state index in [0.29, 0.717) is 12.2 Å². The average molecular weight is 341 g/mol. The molecule has 0 unspecified atom stereocenters. The van der Waals surface area contributed by atoms with Gasteiger partial charge in [-0.05, 0) is 25.5 Å². The number of hydrogen-bond acceptors (Lipinski definition) is 5. The Labute approximate surface area is 149 Å². The summed E-state index contributed by atoms with van der Waals surface area (Å²) in [6.45, 7) is 11.4. The highest BCUT2D eigenvalue weighted by molar-refractivity contribution is 6.06. The third-order valence-corrected chi connectivity index (χ3v) is 4.96. The van der Waals surface area contributed by atoms with E-state index in [1.807, 2.05) is 6.92 Å². The van der Waals surface area contributed by atoms with Crippen LogP contribution in [0.5, 0.6) is 0 Å². The topological polar surface area (TPSA) is 45.7 Å². The first-order valence-corrected chi connectivity index (χ1v) is 9.24. The molecule has 1 aromatic heterocycles. The summed E-state index contributed by atoms with van der Waals surface area (Å²) < 4.78 is 5.29. The van der Waals surface area contributed by atoms with E-state index < -0.39 is 0 Å². The highest BCUT2D eigenvalue weighted by atomic mass is 16.5. The largest absolute Gasteiger partial charge is 0.462 e. The molecule has 0 atom stereocenters. The number of carbonyl (C=O) groups excluding carboxylic acids is 1. The summed E-state index contributed by atoms with van der Waals surface area (Å²) in [6.07, 6.45) is 2.62. The fourth-order valence-corrected chi connectivity index (χ4v) is 3.54. The van der Waals surface area contributed by atoms with Gasteiger partial charge in [0, 0.05) is 37.8 Å². The Hall–Kier alpha value is -2.14. The van der Waals surface area contributed by atoms with E-state index >= 15 is 0 Å². The molecule has 5 nitrogen and oxygen atoms in total. The molecule has 0 bridgehead atoms. The van der Waals surface area contributed by atoms with Crippen LogP contribution < -0.4 is 4.90 Å². The molecule has 1 aliphatic rings. The van der Waals surface area contributed by atoms with Gasteiger partial charge in [0.05, 0.1) is 17.8 Å². The van der Waals surface area contributed by atoms with E-state index in [-0.39, 0.29) is 5.97 Å². The summed E-state index contributed by atoms with van der Waals surface area (Å²) in [5.41, 5.74) is 3.76. The Morgan fingerprint density at radius 1 is 1.16 bits per heavy atom. The first-order chi connectivity index (χ1) is 12.2. The molecule has 0 radical (unpaired) electrons. The van der Waals surface area contributed by atoms with Gasteiger partial charge in [-0.3, -0.25) is 4.98 Å². The summed E-state index contributed by atoms with van der Waals surface area (Å²) in [7, 11) is 0. The number of para-hydroxylation sites is 1. The molecule has 1 aliphatic heterocycles. The van der Waals surface area contributed by atoms with E-state index in [1.165, 1.54) is 5.56 Å². The van der Waals surface area contributed by atoms with E-state index in [1.54, 1.807) is 6.20 Å². The summed E-state index contributed by atoms with van der Waals surface area (Å²) in [5.74, 6) is -0.285. The molecule has 0 aliphatic carbocycles. The number of esters is 1. The van der Waals surface area contributed by atoms with Gasteiger partial charge in [-0.25, -0.2) is 4.79 Å². The fourth-order valence-electron chi connectivity index (χ4n) is 3.54. The lowest BCUT2D eigenvalue weighted by molar-refractivity contribution is 0.0526. The summed E-state index contributed by atoms with van der Waals surface area (Å²) in [5, 5.41) is 1.05. The van der Waals surface area contributed by atoms with Crippen molar-refractivity contribution >= 4 is 22.6 Å². The predicted molar refractivity (Wildman–Crippen MR) is 101 cm³/mol. The van der Waals surface area contributed by atoms with Crippen molar-refractivity contribution < 1.29 is 9.53 Å². The number of hydrogen-bond donors (Lipinski definition) is 0. The quantitative estimate of drug-likeness (QED) is 0.782. The monoisotopic (exact) mass is 341 g/mol. The lowest BCUT2D eigenvalue weighted by Gasteiger charge is -2.36. The van der Waals surface area contributed by atoms with Crippen LogP contribution >= 0.6 is 0 Å². The Balaban J connectivity index is 2.11. The zero-order valence-corrected chi connectivity index (χ0v) is 15.4. The van der Waals surface area contributed by atoms with Crippen molar-refractivity contribution in [3.05, 3.63) is 35.5 Å². The van der Waals surface area contributed by atoms with Crippen LogP contribution in [0.15, 0.2) is 24.4 Å². The van der Waals surface area contributed by atoms with Crippen molar-refractivity contribution in [2.24, 2.45) is 0 Å². The second kappa shape index (κ2) is 7.83. The van der Waals surface area contributed by atoms with Crippen LogP contribution in [0.1, 0.15) is 36.7 Å². The lowest BCUT2D eigenvalue weighted by atomic mass is 10.0. The van der Waals surface area contributed by atoms with Crippen LogP contribution in [-0.2, 0) is 11.2 Å². The molecule has 0 spiro atoms. The molecule has 1 fully saturated rings. The number of pyridine rings is 1. The molecular formula is C20H27N3O2. The maximum atomic E-state index is 12.5. The number of benzene rings is 1. The molecule has 1 aromatic carbocycles. The van der Waals surface area contributed by atoms with Crippen LogP contribution in [-0.4, -0.2) is 55.2 Å². The summed E-state index contributed by atoms with van der Waals surface area (Å²) in [6, 6.07) is 6.24. The van der Waals surface area contributed by atoms with Gasteiger partial charge >= 0.3 is 5.97 Å². The van der Waals surface area contributed by atoms with Crippen molar-refractivity contribution in [1.82, 2.24) is 9.88 Å². The molecule has 2 heterocycles. The number of fused-ring (bicyclic) bond motifs is 1. The van der Waals surface area contributed by atoms with Crippen LogP contribution in [0.4, 0.5) is 5.69 Å². The number of rotatable bonds is 5. The van der Waals surface area contributed by atoms with Gasteiger partial charge in [0.1, 0.15) is 5.56 Å². The number of nitrogens with zero attached hydrogens (tertiary/aromatic N) is 3. The molecule has 2 aromatic rings. The van der Waals surface area contributed by atoms with Gasteiger partial charge in [-0.2, -0.15) is 0 Å². The van der Waals surface area contributed by atoms with Gasteiger partial charge in [0.2, 0.25) is 0 Å². The Kier molecular flexibility index (Phi) is 5.53. The standard InChI is InChI=1S/C20H27N3O2/c1-4-15-8-7-9-16-18(15)21-14-17(20(24)25-6-3)19(16)23-12-10-22(5-2)11-13-23/h7-9,14H,4-6,10-13H2,1-3H3. The molecular weight excluding hydrogens is 314 g/mol. The number of likely N-dealkylation sites (N-methyl/N-ethyl adjacent to an activating group) is 1. The van der Waals surface area contributed by atoms with Gasteiger partial charge in [0.25, 0.3) is 0 Å². The lowest BCUT2D eigenvalue weighted by Crippen LogP contribution is -2.46. The Morgan fingerprint density at radius 3 is 2.56 bits per heavy atom. The van der Waals surface area contributed by atoms with Crippen molar-refractivity contribution in [2.75, 3.05) is 44.2 Å². The molecule has 0 amide bonds. The molecule has 0 saturated carbocycles. The van der Waals surface area contributed by atoms with E-state index in [2.05, 4.69) is 46.8 Å². The molecule has 134 valence electrons. The Morgan fingerprint density at radius 2 is 1.92 bits per heavy atom. The second-order valence-corrected chi connectivity index (χ2v) is 6.33. The van der Waals surface area contributed by atoms with E-state index in [4.69, 9.17) is 4.74 Å². The van der Waals surface area contributed by atoms with Crippen molar-refractivity contribution in [3.63, 3.8) is 0 Å². The number of ether oxygens (including phenoxy) is 1. The smallest absolute Gasteiger partial charge is 0.341 e. The normalized spacial score (nSPS) is 15.6. The molecule has 25 heavy (non-hydrogen) atoms. The zero-order chi connectivity index (χ0) is 17.8. The third-order valence-electron chi connectivity index (χ3n) is 4.96. The molecule has 5 heteroatoms. The molecule has 3 rings (SSSR count). The van der Waals surface area contributed by atoms with Crippen LogP contribution in [0.2, 0.25) is 0 Å². The van der Waals surface area contributed by atoms with Crippen molar-refractivity contribution in [2.45, 2.75) is 27.2 Å². The molecule has 0 N–H and O–H groups in total. The zero-order valence-electron chi connectivity index (χ0n) is 15.4. The number of aryl methyl sites for hydroxylation is 1. The van der Waals surface area contributed by atoms with Crippen LogP contribution in [0.3, 0.4) is 0 Å². The first kappa shape index (κ1) is 17.7. The van der Waals surface area contributed by atoms with Gasteiger partial charge in [-0.1, -0.05) is 32.0 Å². The minimum Gasteiger partial charge on any atom is -0.462 e. The summed E-state index contributed by atoms with van der Waals surface area (Å²) >= 11 is 0. The molecule has 1 saturated heterocycles. The van der Waals surface area contributed by atoms with E-state index in [9.17, 15) is 4.79 Å². The fraction of sp³-hybridized carbons (Fsp3) is 0.500. The minimum atomic E-state index is -0.285. The van der Waals surface area contributed by atoms with Crippen LogP contribution in [0.25, 0.3) is 10.9 Å². The third kappa shape index (κ3) is 3.47. The highest BCUT2D eigenvalue weighted by Gasteiger charge is 2.24. The highest BCUT2D eigenvalue weighted by Crippen LogP contribution is 2.32. The number of anilines is 1. The average Bonchev–Trinajstić information content (AvgIpc) is 2.66. The van der Waals surface area contributed by atoms with Gasteiger partial charge in [-0.15, -0.1) is 0 Å². The maximum Gasteiger partial charge on any atom is 0.341 e. The number of carbonyl (C=O) groups is 1. The van der Waals surface area contributed by atoms with Gasteiger partial charge in [0.15, 0.2) is 0 Å². The van der Waals surface area contributed by atoms with Gasteiger partial charge < -0.3 is 14.5 Å². The second-order valence-electron chi connectivity index (χ2n) is 6.33. The SMILES string of the molecule is CCOC(=O)c1cnc2c(CC)cccc2c1N1CCN(CC)CC1. The predicted octanol–water partition coefficient (Wildman–Crippen LogP) is 3.12. The van der Waals surface area contributed by atoms with Crippen molar-refractivity contribution in [1.29, 1.82) is 0 Å². The number of piperazine rings is 1. The minimum absolute atomic E-state index is 0.285. The van der Waals surface area contributed by atoms with Crippen LogP contribution in [0, 0.1) is 0 Å².